The molecule has 0 saturated carbocycles. The SMILES string of the molecule is C[C@@H]1Cc2c(sc(N)c2C(=O)OC(C)(C)C)[C@H](C)O1. The molecule has 0 saturated heterocycles. The van der Waals surface area contributed by atoms with E-state index in [2.05, 4.69) is 0 Å². The smallest absolute Gasteiger partial charge is 0.341 e. The molecule has 0 bridgehead atoms. The standard InChI is InChI=1S/C14H21NO3S/c1-7-6-9-10(13(16)18-14(3,4)5)12(15)19-11(9)8(2)17-7/h7-8H,6,15H2,1-5H3/t7-,8+/m1/s1. The van der Waals surface area contributed by atoms with Gasteiger partial charge in [0.05, 0.1) is 17.8 Å². The maximum absolute atomic E-state index is 12.3. The van der Waals surface area contributed by atoms with Gasteiger partial charge in [0, 0.05) is 11.3 Å². The number of fused-ring (bicyclic) bond motifs is 1. The molecule has 0 fully saturated rings. The zero-order valence-corrected chi connectivity index (χ0v) is 12.9. The molecule has 1 aliphatic heterocycles. The van der Waals surface area contributed by atoms with Gasteiger partial charge in [-0.3, -0.25) is 0 Å². The molecule has 1 aromatic heterocycles. The van der Waals surface area contributed by atoms with Crippen LogP contribution in [-0.4, -0.2) is 17.7 Å². The van der Waals surface area contributed by atoms with E-state index in [4.69, 9.17) is 15.2 Å². The molecule has 106 valence electrons. The van der Waals surface area contributed by atoms with Crippen molar-refractivity contribution in [3.63, 3.8) is 0 Å². The fourth-order valence-corrected chi connectivity index (χ4v) is 3.41. The Morgan fingerprint density at radius 2 is 2.05 bits per heavy atom. The van der Waals surface area contributed by atoms with E-state index in [1.165, 1.54) is 11.3 Å². The van der Waals surface area contributed by atoms with E-state index in [9.17, 15) is 4.79 Å². The molecule has 4 nitrogen and oxygen atoms in total. The fraction of sp³-hybridized carbons (Fsp3) is 0.643. The highest BCUT2D eigenvalue weighted by atomic mass is 32.1. The fourth-order valence-electron chi connectivity index (χ4n) is 2.33. The molecule has 0 spiro atoms. The van der Waals surface area contributed by atoms with Crippen LogP contribution in [0.3, 0.4) is 0 Å². The molecule has 2 heterocycles. The number of ether oxygens (including phenoxy) is 2. The number of nitrogen functional groups attached to an aromatic ring is 1. The minimum absolute atomic E-state index is 0.0118. The number of hydrogen-bond acceptors (Lipinski definition) is 5. The Morgan fingerprint density at radius 1 is 1.42 bits per heavy atom. The summed E-state index contributed by atoms with van der Waals surface area (Å²) in [7, 11) is 0. The lowest BCUT2D eigenvalue weighted by Crippen LogP contribution is -2.26. The van der Waals surface area contributed by atoms with Crippen molar-refractivity contribution in [2.24, 2.45) is 0 Å². The van der Waals surface area contributed by atoms with E-state index in [0.717, 1.165) is 10.4 Å². The Hall–Kier alpha value is -1.07. The predicted molar refractivity (Wildman–Crippen MR) is 76.6 cm³/mol. The molecular weight excluding hydrogens is 262 g/mol. The Morgan fingerprint density at radius 3 is 2.63 bits per heavy atom. The summed E-state index contributed by atoms with van der Waals surface area (Å²) in [6.45, 7) is 9.56. The second kappa shape index (κ2) is 4.80. The summed E-state index contributed by atoms with van der Waals surface area (Å²) in [5.41, 5.74) is 7.04. The molecule has 0 aromatic carbocycles. The number of hydrogen-bond donors (Lipinski definition) is 1. The van der Waals surface area contributed by atoms with Crippen LogP contribution in [0.15, 0.2) is 0 Å². The number of nitrogens with two attached hydrogens (primary N) is 1. The number of thiophene rings is 1. The summed E-state index contributed by atoms with van der Waals surface area (Å²) in [6.07, 6.45) is 0.794. The van der Waals surface area contributed by atoms with Gasteiger partial charge in [-0.2, -0.15) is 0 Å². The Kier molecular flexibility index (Phi) is 3.62. The number of carbonyl (C=O) groups is 1. The molecule has 1 aliphatic rings. The van der Waals surface area contributed by atoms with Crippen molar-refractivity contribution in [1.82, 2.24) is 0 Å². The molecule has 0 aliphatic carbocycles. The van der Waals surface area contributed by atoms with Crippen LogP contribution in [0.25, 0.3) is 0 Å². The first-order valence-corrected chi connectivity index (χ1v) is 7.30. The summed E-state index contributed by atoms with van der Waals surface area (Å²) in [5, 5.41) is 0.531. The maximum atomic E-state index is 12.3. The van der Waals surface area contributed by atoms with E-state index in [-0.39, 0.29) is 18.2 Å². The average Bonchev–Trinajstić information content (AvgIpc) is 2.52. The number of esters is 1. The summed E-state index contributed by atoms with van der Waals surface area (Å²) in [4.78, 5) is 13.3. The third kappa shape index (κ3) is 2.92. The Labute approximate surface area is 117 Å². The quantitative estimate of drug-likeness (QED) is 0.803. The maximum Gasteiger partial charge on any atom is 0.341 e. The number of rotatable bonds is 1. The van der Waals surface area contributed by atoms with Crippen LogP contribution in [0.5, 0.6) is 0 Å². The van der Waals surface area contributed by atoms with Crippen LogP contribution >= 0.6 is 11.3 Å². The monoisotopic (exact) mass is 283 g/mol. The molecule has 1 aromatic rings. The second-order valence-electron chi connectivity index (χ2n) is 5.98. The van der Waals surface area contributed by atoms with E-state index in [0.29, 0.717) is 17.0 Å². The highest BCUT2D eigenvalue weighted by Crippen LogP contribution is 2.41. The van der Waals surface area contributed by atoms with E-state index < -0.39 is 5.60 Å². The first-order valence-electron chi connectivity index (χ1n) is 6.49. The van der Waals surface area contributed by atoms with E-state index in [1.807, 2.05) is 34.6 Å². The van der Waals surface area contributed by atoms with Gasteiger partial charge >= 0.3 is 5.97 Å². The molecule has 0 amide bonds. The largest absolute Gasteiger partial charge is 0.456 e. The number of anilines is 1. The average molecular weight is 283 g/mol. The minimum atomic E-state index is -0.513. The molecule has 19 heavy (non-hydrogen) atoms. The van der Waals surface area contributed by atoms with Crippen LogP contribution in [0.4, 0.5) is 5.00 Å². The van der Waals surface area contributed by atoms with Crippen molar-refractivity contribution in [3.05, 3.63) is 16.0 Å². The summed E-state index contributed by atoms with van der Waals surface area (Å²) >= 11 is 1.43. The van der Waals surface area contributed by atoms with Crippen molar-refractivity contribution in [2.75, 3.05) is 5.73 Å². The van der Waals surface area contributed by atoms with Gasteiger partial charge in [-0.25, -0.2) is 4.79 Å². The first-order chi connectivity index (χ1) is 8.69. The van der Waals surface area contributed by atoms with Crippen molar-refractivity contribution in [1.29, 1.82) is 0 Å². The second-order valence-corrected chi connectivity index (χ2v) is 7.06. The Balaban J connectivity index is 2.39. The zero-order valence-electron chi connectivity index (χ0n) is 12.1. The highest BCUT2D eigenvalue weighted by molar-refractivity contribution is 7.16. The predicted octanol–water partition coefficient (Wildman–Crippen LogP) is 3.31. The lowest BCUT2D eigenvalue weighted by atomic mass is 9.99. The molecule has 5 heteroatoms. The van der Waals surface area contributed by atoms with Gasteiger partial charge in [-0.05, 0) is 40.2 Å². The van der Waals surface area contributed by atoms with Crippen molar-refractivity contribution in [3.8, 4) is 0 Å². The third-order valence-electron chi connectivity index (χ3n) is 2.97. The molecule has 2 atom stereocenters. The zero-order chi connectivity index (χ0) is 14.4. The molecule has 2 N–H and O–H groups in total. The van der Waals surface area contributed by atoms with Gasteiger partial charge in [-0.1, -0.05) is 0 Å². The molecule has 2 rings (SSSR count). The number of carbonyl (C=O) groups excluding carboxylic acids is 1. The van der Waals surface area contributed by atoms with Gasteiger partial charge < -0.3 is 15.2 Å². The summed E-state index contributed by atoms with van der Waals surface area (Å²) in [5.74, 6) is -0.330. The third-order valence-corrected chi connectivity index (χ3v) is 4.19. The van der Waals surface area contributed by atoms with Crippen molar-refractivity contribution < 1.29 is 14.3 Å². The van der Waals surface area contributed by atoms with Gasteiger partial charge in [0.1, 0.15) is 10.6 Å². The van der Waals surface area contributed by atoms with Gasteiger partial charge in [0.15, 0.2) is 0 Å². The lowest BCUT2D eigenvalue weighted by Gasteiger charge is -2.26. The first kappa shape index (κ1) is 14.3. The lowest BCUT2D eigenvalue weighted by molar-refractivity contribution is -0.00384. The normalized spacial score (nSPS) is 23.0. The highest BCUT2D eigenvalue weighted by Gasteiger charge is 2.32. The minimum Gasteiger partial charge on any atom is -0.456 e. The van der Waals surface area contributed by atoms with E-state index >= 15 is 0 Å². The summed E-state index contributed by atoms with van der Waals surface area (Å²) < 4.78 is 11.2. The van der Waals surface area contributed by atoms with Gasteiger partial charge in [0.25, 0.3) is 0 Å². The van der Waals surface area contributed by atoms with Crippen LogP contribution in [-0.2, 0) is 15.9 Å². The van der Waals surface area contributed by atoms with E-state index in [1.54, 1.807) is 0 Å². The van der Waals surface area contributed by atoms with Crippen LogP contribution in [0, 0.1) is 0 Å². The van der Waals surface area contributed by atoms with Gasteiger partial charge in [-0.15, -0.1) is 11.3 Å². The Bertz CT molecular complexity index is 502. The van der Waals surface area contributed by atoms with Crippen LogP contribution in [0.1, 0.15) is 61.5 Å². The van der Waals surface area contributed by atoms with Crippen molar-refractivity contribution in [2.45, 2.75) is 58.8 Å². The van der Waals surface area contributed by atoms with Crippen molar-refractivity contribution >= 4 is 22.3 Å². The van der Waals surface area contributed by atoms with Crippen LogP contribution in [0.2, 0.25) is 0 Å². The molecule has 0 radical (unpaired) electrons. The topological polar surface area (TPSA) is 61.6 Å². The molecule has 0 unspecified atom stereocenters. The summed E-state index contributed by atoms with van der Waals surface area (Å²) in [6, 6.07) is 0. The van der Waals surface area contributed by atoms with Crippen LogP contribution < -0.4 is 5.73 Å². The van der Waals surface area contributed by atoms with Gasteiger partial charge in [0.2, 0.25) is 0 Å². The molecular formula is C14H21NO3S.